The topological polar surface area (TPSA) is 45.8 Å². The Hall–Kier alpha value is -1.64. The summed E-state index contributed by atoms with van der Waals surface area (Å²) < 4.78 is 0. The Morgan fingerprint density at radius 1 is 1.62 bits per heavy atom. The fraction of sp³-hybridized carbons (Fsp3) is 0.200. The minimum absolute atomic E-state index is 0.160. The standard InChI is InChI=1S/C10H10N2O/c1-7(13)4-8-5-10-9(12-6-8)2-3-11-10/h2-3,5-6,11H,4H2,1H3. The zero-order chi connectivity index (χ0) is 9.26. The van der Waals surface area contributed by atoms with E-state index in [0.29, 0.717) is 6.42 Å². The van der Waals surface area contributed by atoms with Crippen LogP contribution in [0, 0.1) is 0 Å². The number of ketones is 1. The van der Waals surface area contributed by atoms with E-state index in [9.17, 15) is 4.79 Å². The van der Waals surface area contributed by atoms with Crippen LogP contribution < -0.4 is 0 Å². The van der Waals surface area contributed by atoms with Crippen molar-refractivity contribution in [2.75, 3.05) is 0 Å². The van der Waals surface area contributed by atoms with Crippen molar-refractivity contribution in [3.8, 4) is 0 Å². The normalized spacial score (nSPS) is 10.5. The van der Waals surface area contributed by atoms with Crippen LogP contribution in [0.4, 0.5) is 0 Å². The van der Waals surface area contributed by atoms with Gasteiger partial charge >= 0.3 is 0 Å². The first-order valence-electron chi connectivity index (χ1n) is 4.17. The van der Waals surface area contributed by atoms with Gasteiger partial charge in [0.05, 0.1) is 11.0 Å². The summed E-state index contributed by atoms with van der Waals surface area (Å²) in [5.74, 6) is 0.160. The molecule has 0 fully saturated rings. The van der Waals surface area contributed by atoms with Crippen LogP contribution >= 0.6 is 0 Å². The van der Waals surface area contributed by atoms with E-state index >= 15 is 0 Å². The molecule has 3 heteroatoms. The van der Waals surface area contributed by atoms with Gasteiger partial charge in [-0.25, -0.2) is 0 Å². The highest BCUT2D eigenvalue weighted by Crippen LogP contribution is 2.11. The highest BCUT2D eigenvalue weighted by atomic mass is 16.1. The van der Waals surface area contributed by atoms with Gasteiger partial charge in [-0.3, -0.25) is 9.78 Å². The lowest BCUT2D eigenvalue weighted by Crippen LogP contribution is -1.96. The third-order valence-corrected chi connectivity index (χ3v) is 1.91. The summed E-state index contributed by atoms with van der Waals surface area (Å²) in [5.41, 5.74) is 2.88. The molecule has 13 heavy (non-hydrogen) atoms. The molecule has 0 bridgehead atoms. The van der Waals surface area contributed by atoms with Crippen molar-refractivity contribution in [3.05, 3.63) is 30.1 Å². The monoisotopic (exact) mass is 174 g/mol. The number of nitrogens with zero attached hydrogens (tertiary/aromatic N) is 1. The smallest absolute Gasteiger partial charge is 0.134 e. The molecule has 2 rings (SSSR count). The van der Waals surface area contributed by atoms with Crippen LogP contribution in [0.5, 0.6) is 0 Å². The van der Waals surface area contributed by atoms with Crippen LogP contribution in [0.15, 0.2) is 24.5 Å². The Morgan fingerprint density at radius 3 is 3.23 bits per heavy atom. The first kappa shape index (κ1) is 7.98. The minimum Gasteiger partial charge on any atom is -0.360 e. The van der Waals surface area contributed by atoms with E-state index in [0.717, 1.165) is 16.6 Å². The summed E-state index contributed by atoms with van der Waals surface area (Å²) in [6.07, 6.45) is 4.05. The zero-order valence-corrected chi connectivity index (χ0v) is 7.37. The molecule has 2 aromatic rings. The van der Waals surface area contributed by atoms with E-state index in [2.05, 4.69) is 9.97 Å². The lowest BCUT2D eigenvalue weighted by atomic mass is 10.1. The average molecular weight is 174 g/mol. The Labute approximate surface area is 75.8 Å². The molecule has 1 N–H and O–H groups in total. The number of H-pyrrole nitrogens is 1. The van der Waals surface area contributed by atoms with Gasteiger partial charge in [-0.1, -0.05) is 0 Å². The summed E-state index contributed by atoms with van der Waals surface area (Å²) >= 11 is 0. The predicted octanol–water partition coefficient (Wildman–Crippen LogP) is 1.69. The number of hydrogen-bond acceptors (Lipinski definition) is 2. The molecule has 0 unspecified atom stereocenters. The highest BCUT2D eigenvalue weighted by molar-refractivity contribution is 5.80. The van der Waals surface area contributed by atoms with E-state index in [-0.39, 0.29) is 5.78 Å². The van der Waals surface area contributed by atoms with Crippen molar-refractivity contribution in [1.82, 2.24) is 9.97 Å². The maximum atomic E-state index is 10.8. The number of Topliss-reactive ketones (excluding diaryl/α,β-unsaturated/α-hetero) is 1. The number of rotatable bonds is 2. The largest absolute Gasteiger partial charge is 0.360 e. The Morgan fingerprint density at radius 2 is 2.46 bits per heavy atom. The maximum absolute atomic E-state index is 10.8. The van der Waals surface area contributed by atoms with E-state index in [1.807, 2.05) is 18.3 Å². The predicted molar refractivity (Wildman–Crippen MR) is 50.5 cm³/mol. The van der Waals surface area contributed by atoms with Crippen LogP contribution in [-0.4, -0.2) is 15.8 Å². The number of aromatic nitrogens is 2. The summed E-state index contributed by atoms with van der Waals surface area (Å²) in [4.78, 5) is 18.1. The third-order valence-electron chi connectivity index (χ3n) is 1.91. The van der Waals surface area contributed by atoms with Crippen molar-refractivity contribution >= 4 is 16.8 Å². The molecule has 0 aromatic carbocycles. The lowest BCUT2D eigenvalue weighted by Gasteiger charge is -1.96. The van der Waals surface area contributed by atoms with E-state index in [1.165, 1.54) is 0 Å². The maximum Gasteiger partial charge on any atom is 0.134 e. The summed E-state index contributed by atoms with van der Waals surface area (Å²) in [7, 11) is 0. The van der Waals surface area contributed by atoms with Crippen LogP contribution in [0.25, 0.3) is 11.0 Å². The van der Waals surface area contributed by atoms with E-state index in [4.69, 9.17) is 0 Å². The molecular formula is C10H10N2O. The number of carbonyl (C=O) groups excluding carboxylic acids is 1. The van der Waals surface area contributed by atoms with Gasteiger partial charge in [0.2, 0.25) is 0 Å². The summed E-state index contributed by atoms with van der Waals surface area (Å²) in [5, 5.41) is 0. The Bertz CT molecular complexity index is 445. The third kappa shape index (κ3) is 1.59. The zero-order valence-electron chi connectivity index (χ0n) is 7.37. The number of nitrogens with one attached hydrogen (secondary N) is 1. The fourth-order valence-corrected chi connectivity index (χ4v) is 1.36. The van der Waals surface area contributed by atoms with Crippen LogP contribution in [0.1, 0.15) is 12.5 Å². The second kappa shape index (κ2) is 3.01. The van der Waals surface area contributed by atoms with Gasteiger partial charge in [-0.2, -0.15) is 0 Å². The molecule has 3 nitrogen and oxygen atoms in total. The van der Waals surface area contributed by atoms with E-state index < -0.39 is 0 Å². The first-order valence-corrected chi connectivity index (χ1v) is 4.17. The minimum atomic E-state index is 0.160. The Balaban J connectivity index is 2.42. The van der Waals surface area contributed by atoms with Gasteiger partial charge in [0, 0.05) is 18.8 Å². The summed E-state index contributed by atoms with van der Waals surface area (Å²) in [6, 6.07) is 3.87. The van der Waals surface area contributed by atoms with Crippen molar-refractivity contribution in [3.63, 3.8) is 0 Å². The quantitative estimate of drug-likeness (QED) is 0.753. The van der Waals surface area contributed by atoms with Crippen LogP contribution in [-0.2, 0) is 11.2 Å². The van der Waals surface area contributed by atoms with Crippen molar-refractivity contribution in [2.24, 2.45) is 0 Å². The molecule has 0 saturated carbocycles. The summed E-state index contributed by atoms with van der Waals surface area (Å²) in [6.45, 7) is 1.58. The second-order valence-corrected chi connectivity index (χ2v) is 3.13. The Kier molecular flexibility index (Phi) is 1.85. The van der Waals surface area contributed by atoms with Gasteiger partial charge < -0.3 is 4.98 Å². The molecule has 0 atom stereocenters. The molecule has 0 saturated heterocycles. The average Bonchev–Trinajstić information content (AvgIpc) is 2.49. The number of pyridine rings is 1. The molecular weight excluding hydrogens is 164 g/mol. The molecule has 2 heterocycles. The van der Waals surface area contributed by atoms with Crippen LogP contribution in [0.2, 0.25) is 0 Å². The molecule has 0 amide bonds. The fourth-order valence-electron chi connectivity index (χ4n) is 1.36. The molecule has 0 spiro atoms. The van der Waals surface area contributed by atoms with Gasteiger partial charge in [0.1, 0.15) is 5.78 Å². The lowest BCUT2D eigenvalue weighted by molar-refractivity contribution is -0.116. The van der Waals surface area contributed by atoms with Gasteiger partial charge in [-0.05, 0) is 24.6 Å². The van der Waals surface area contributed by atoms with Crippen LogP contribution in [0.3, 0.4) is 0 Å². The number of fused-ring (bicyclic) bond motifs is 1. The number of aromatic amines is 1. The van der Waals surface area contributed by atoms with Gasteiger partial charge in [-0.15, -0.1) is 0 Å². The van der Waals surface area contributed by atoms with Gasteiger partial charge in [0.15, 0.2) is 0 Å². The van der Waals surface area contributed by atoms with Gasteiger partial charge in [0.25, 0.3) is 0 Å². The highest BCUT2D eigenvalue weighted by Gasteiger charge is 2.00. The van der Waals surface area contributed by atoms with Crippen molar-refractivity contribution in [1.29, 1.82) is 0 Å². The molecule has 66 valence electrons. The molecule has 0 aliphatic carbocycles. The van der Waals surface area contributed by atoms with Crippen molar-refractivity contribution < 1.29 is 4.79 Å². The van der Waals surface area contributed by atoms with Crippen molar-refractivity contribution in [2.45, 2.75) is 13.3 Å². The second-order valence-electron chi connectivity index (χ2n) is 3.13. The molecule has 0 aliphatic heterocycles. The number of hydrogen-bond donors (Lipinski definition) is 1. The first-order chi connectivity index (χ1) is 6.25. The molecule has 0 aliphatic rings. The SMILES string of the molecule is CC(=O)Cc1cnc2cc[nH]c2c1. The number of carbonyl (C=O) groups is 1. The molecule has 0 radical (unpaired) electrons. The van der Waals surface area contributed by atoms with E-state index in [1.54, 1.807) is 13.1 Å². The molecule has 2 aromatic heterocycles.